The number of carbonyl (C=O) groups excluding carboxylic acids is 1. The Labute approximate surface area is 98.0 Å². The molecule has 1 aromatic carbocycles. The van der Waals surface area contributed by atoms with Gasteiger partial charge in [0.2, 0.25) is 0 Å². The molecule has 0 bridgehead atoms. The highest BCUT2D eigenvalue weighted by Crippen LogP contribution is 2.21. The maximum absolute atomic E-state index is 10.9. The highest BCUT2D eigenvalue weighted by Gasteiger charge is 2.11. The first-order valence-electron chi connectivity index (χ1n) is 4.08. The van der Waals surface area contributed by atoms with Gasteiger partial charge in [-0.1, -0.05) is 23.2 Å². The van der Waals surface area contributed by atoms with Crippen molar-refractivity contribution in [1.29, 1.82) is 0 Å². The van der Waals surface area contributed by atoms with E-state index >= 15 is 0 Å². The molecule has 4 heteroatoms. The smallest absolute Gasteiger partial charge is 0.147 e. The monoisotopic (exact) mass is 250 g/mol. The fraction of sp³-hybridized carbons (Fsp3) is 0.300. The van der Waals surface area contributed by atoms with E-state index in [4.69, 9.17) is 34.8 Å². The van der Waals surface area contributed by atoms with Gasteiger partial charge in [0.05, 0.1) is 5.38 Å². The molecule has 14 heavy (non-hydrogen) atoms. The molecular weight excluding hydrogens is 242 g/mol. The van der Waals surface area contributed by atoms with Gasteiger partial charge in [-0.25, -0.2) is 0 Å². The predicted molar refractivity (Wildman–Crippen MR) is 60.5 cm³/mol. The summed E-state index contributed by atoms with van der Waals surface area (Å²) in [6, 6.07) is 5.15. The molecule has 1 atom stereocenters. The van der Waals surface area contributed by atoms with Crippen LogP contribution in [0.15, 0.2) is 18.2 Å². The van der Waals surface area contributed by atoms with Gasteiger partial charge >= 0.3 is 0 Å². The molecule has 0 aliphatic heterocycles. The molecular formula is C10H9Cl3O. The summed E-state index contributed by atoms with van der Waals surface area (Å²) in [6.07, 6.45) is 0.456. The Morgan fingerprint density at radius 3 is 2.21 bits per heavy atom. The van der Waals surface area contributed by atoms with E-state index in [1.807, 2.05) is 0 Å². The second kappa shape index (κ2) is 5.01. The highest BCUT2D eigenvalue weighted by atomic mass is 35.5. The summed E-state index contributed by atoms with van der Waals surface area (Å²) in [6.45, 7) is 1.46. The van der Waals surface area contributed by atoms with Gasteiger partial charge < -0.3 is 0 Å². The lowest BCUT2D eigenvalue weighted by Gasteiger charge is -2.06. The first-order chi connectivity index (χ1) is 6.49. The lowest BCUT2D eigenvalue weighted by Crippen LogP contribution is -2.13. The van der Waals surface area contributed by atoms with Crippen LogP contribution in [0.1, 0.15) is 12.5 Å². The quantitative estimate of drug-likeness (QED) is 0.748. The van der Waals surface area contributed by atoms with Gasteiger partial charge in [-0.3, -0.25) is 4.79 Å². The van der Waals surface area contributed by atoms with Crippen molar-refractivity contribution in [3.63, 3.8) is 0 Å². The van der Waals surface area contributed by atoms with E-state index in [1.165, 1.54) is 6.92 Å². The molecule has 0 aromatic heterocycles. The van der Waals surface area contributed by atoms with Crippen LogP contribution < -0.4 is 0 Å². The summed E-state index contributed by atoms with van der Waals surface area (Å²) in [5.41, 5.74) is 0.873. The van der Waals surface area contributed by atoms with Gasteiger partial charge in [-0.05, 0) is 37.1 Å². The third kappa shape index (κ3) is 3.49. The van der Waals surface area contributed by atoms with Crippen molar-refractivity contribution in [2.45, 2.75) is 18.7 Å². The molecule has 0 spiro atoms. The van der Waals surface area contributed by atoms with Crippen molar-refractivity contribution >= 4 is 40.6 Å². The van der Waals surface area contributed by atoms with Crippen molar-refractivity contribution in [3.8, 4) is 0 Å². The van der Waals surface area contributed by atoms with Crippen molar-refractivity contribution in [1.82, 2.24) is 0 Å². The minimum Gasteiger partial charge on any atom is -0.298 e. The standard InChI is InChI=1S/C10H9Cl3O/c1-6(14)10(13)4-7-2-8(11)5-9(12)3-7/h2-3,5,10H,4H2,1H3. The minimum atomic E-state index is -0.510. The molecule has 0 heterocycles. The Morgan fingerprint density at radius 2 is 1.79 bits per heavy atom. The van der Waals surface area contributed by atoms with E-state index in [0.717, 1.165) is 5.56 Å². The zero-order chi connectivity index (χ0) is 10.7. The number of benzene rings is 1. The molecule has 0 saturated heterocycles. The normalized spacial score (nSPS) is 12.6. The fourth-order valence-electron chi connectivity index (χ4n) is 1.08. The molecule has 0 aliphatic carbocycles. The van der Waals surface area contributed by atoms with E-state index in [-0.39, 0.29) is 5.78 Å². The zero-order valence-corrected chi connectivity index (χ0v) is 9.83. The zero-order valence-electron chi connectivity index (χ0n) is 7.56. The van der Waals surface area contributed by atoms with Crippen LogP contribution in [0.4, 0.5) is 0 Å². The lowest BCUT2D eigenvalue weighted by atomic mass is 10.1. The second-order valence-electron chi connectivity index (χ2n) is 3.06. The molecule has 1 aromatic rings. The number of ketones is 1. The van der Waals surface area contributed by atoms with Crippen molar-refractivity contribution < 1.29 is 4.79 Å². The van der Waals surface area contributed by atoms with E-state index in [0.29, 0.717) is 16.5 Å². The lowest BCUT2D eigenvalue weighted by molar-refractivity contribution is -0.116. The van der Waals surface area contributed by atoms with Crippen LogP contribution in [0, 0.1) is 0 Å². The molecule has 0 aliphatic rings. The van der Waals surface area contributed by atoms with Crippen LogP contribution in [-0.2, 0) is 11.2 Å². The molecule has 1 nitrogen and oxygen atoms in total. The van der Waals surface area contributed by atoms with E-state index in [2.05, 4.69) is 0 Å². The molecule has 0 saturated carbocycles. The van der Waals surface area contributed by atoms with Gasteiger partial charge in [0, 0.05) is 10.0 Å². The third-order valence-electron chi connectivity index (χ3n) is 1.78. The minimum absolute atomic E-state index is 0.0530. The summed E-state index contributed by atoms with van der Waals surface area (Å²) in [5.74, 6) is -0.0530. The number of halogens is 3. The summed E-state index contributed by atoms with van der Waals surface area (Å²) in [5, 5.41) is 0.601. The predicted octanol–water partition coefficient (Wildman–Crippen LogP) is 3.73. The summed E-state index contributed by atoms with van der Waals surface area (Å²) in [7, 11) is 0. The average Bonchev–Trinajstić information content (AvgIpc) is 2.01. The number of rotatable bonds is 3. The Balaban J connectivity index is 2.81. The highest BCUT2D eigenvalue weighted by molar-refractivity contribution is 6.34. The van der Waals surface area contributed by atoms with Crippen molar-refractivity contribution in [2.75, 3.05) is 0 Å². The average molecular weight is 252 g/mol. The number of alkyl halides is 1. The largest absolute Gasteiger partial charge is 0.298 e. The molecule has 76 valence electrons. The molecule has 0 fully saturated rings. The molecule has 1 unspecified atom stereocenters. The molecule has 0 amide bonds. The number of Topliss-reactive ketones (excluding diaryl/α,β-unsaturated/α-hetero) is 1. The van der Waals surface area contributed by atoms with E-state index in [1.54, 1.807) is 18.2 Å². The first-order valence-corrected chi connectivity index (χ1v) is 5.28. The van der Waals surface area contributed by atoms with Gasteiger partial charge in [0.15, 0.2) is 0 Å². The van der Waals surface area contributed by atoms with Crippen LogP contribution in [0.25, 0.3) is 0 Å². The maximum Gasteiger partial charge on any atom is 0.147 e. The van der Waals surface area contributed by atoms with Crippen LogP contribution in [-0.4, -0.2) is 11.2 Å². The maximum atomic E-state index is 10.9. The Morgan fingerprint density at radius 1 is 1.29 bits per heavy atom. The van der Waals surface area contributed by atoms with Gasteiger partial charge in [0.1, 0.15) is 5.78 Å². The summed E-state index contributed by atoms with van der Waals surface area (Å²) >= 11 is 17.4. The van der Waals surface area contributed by atoms with Crippen LogP contribution in [0.3, 0.4) is 0 Å². The van der Waals surface area contributed by atoms with E-state index < -0.39 is 5.38 Å². The third-order valence-corrected chi connectivity index (χ3v) is 2.68. The van der Waals surface area contributed by atoms with Crippen molar-refractivity contribution in [3.05, 3.63) is 33.8 Å². The Bertz CT molecular complexity index is 329. The molecule has 1 rings (SSSR count). The fourth-order valence-corrected chi connectivity index (χ4v) is 1.83. The summed E-state index contributed by atoms with van der Waals surface area (Å²) in [4.78, 5) is 10.9. The van der Waals surface area contributed by atoms with Crippen LogP contribution in [0.2, 0.25) is 10.0 Å². The second-order valence-corrected chi connectivity index (χ2v) is 4.46. The van der Waals surface area contributed by atoms with Gasteiger partial charge in [0.25, 0.3) is 0 Å². The van der Waals surface area contributed by atoms with Crippen LogP contribution in [0.5, 0.6) is 0 Å². The van der Waals surface area contributed by atoms with Crippen LogP contribution >= 0.6 is 34.8 Å². The molecule has 0 radical (unpaired) electrons. The first kappa shape index (κ1) is 11.8. The Kier molecular flexibility index (Phi) is 4.24. The topological polar surface area (TPSA) is 17.1 Å². The SMILES string of the molecule is CC(=O)C(Cl)Cc1cc(Cl)cc(Cl)c1. The molecule has 0 N–H and O–H groups in total. The Hall–Kier alpha value is -0.240. The summed E-state index contributed by atoms with van der Waals surface area (Å²) < 4.78 is 0. The van der Waals surface area contributed by atoms with Gasteiger partial charge in [-0.2, -0.15) is 0 Å². The number of carbonyl (C=O) groups is 1. The van der Waals surface area contributed by atoms with Crippen molar-refractivity contribution in [2.24, 2.45) is 0 Å². The number of hydrogen-bond acceptors (Lipinski definition) is 1. The van der Waals surface area contributed by atoms with E-state index in [9.17, 15) is 4.79 Å². The van der Waals surface area contributed by atoms with Gasteiger partial charge in [-0.15, -0.1) is 11.6 Å². The number of hydrogen-bond donors (Lipinski definition) is 0.